The lowest BCUT2D eigenvalue weighted by molar-refractivity contribution is 0.778. The summed E-state index contributed by atoms with van der Waals surface area (Å²) in [5.41, 5.74) is 5.62. The average molecular weight is 185 g/mol. The SMILES string of the molecule is CCCCCSc1cn[nH]c1N. The van der Waals surface area contributed by atoms with E-state index in [4.69, 9.17) is 5.73 Å². The molecular formula is C8H15N3S. The average Bonchev–Trinajstić information content (AvgIpc) is 2.46. The quantitative estimate of drug-likeness (QED) is 0.546. The van der Waals surface area contributed by atoms with Crippen molar-refractivity contribution in [3.8, 4) is 0 Å². The molecule has 1 aromatic rings. The first-order valence-electron chi connectivity index (χ1n) is 4.26. The van der Waals surface area contributed by atoms with Gasteiger partial charge in [0.05, 0.1) is 11.1 Å². The van der Waals surface area contributed by atoms with Crippen molar-refractivity contribution in [1.82, 2.24) is 10.2 Å². The summed E-state index contributed by atoms with van der Waals surface area (Å²) in [5.74, 6) is 1.83. The number of nitrogen functional groups attached to an aromatic ring is 1. The molecule has 0 saturated carbocycles. The van der Waals surface area contributed by atoms with E-state index >= 15 is 0 Å². The molecule has 4 heteroatoms. The molecule has 0 unspecified atom stereocenters. The minimum absolute atomic E-state index is 0.691. The number of aromatic nitrogens is 2. The number of aromatic amines is 1. The number of thioether (sulfide) groups is 1. The summed E-state index contributed by atoms with van der Waals surface area (Å²) >= 11 is 1.77. The molecule has 0 amide bonds. The second kappa shape index (κ2) is 5.09. The topological polar surface area (TPSA) is 54.7 Å². The number of H-pyrrole nitrogens is 1. The highest BCUT2D eigenvalue weighted by atomic mass is 32.2. The van der Waals surface area contributed by atoms with E-state index < -0.39 is 0 Å². The lowest BCUT2D eigenvalue weighted by Crippen LogP contribution is -1.87. The van der Waals surface area contributed by atoms with Crippen LogP contribution in [0.5, 0.6) is 0 Å². The molecule has 0 aliphatic carbocycles. The number of anilines is 1. The van der Waals surface area contributed by atoms with E-state index in [9.17, 15) is 0 Å². The predicted octanol–water partition coefficient (Wildman–Crippen LogP) is 2.27. The van der Waals surface area contributed by atoms with Gasteiger partial charge in [-0.3, -0.25) is 5.10 Å². The van der Waals surface area contributed by atoms with E-state index in [1.807, 2.05) is 0 Å². The van der Waals surface area contributed by atoms with Gasteiger partial charge in [-0.1, -0.05) is 19.8 Å². The Labute approximate surface area is 77.1 Å². The van der Waals surface area contributed by atoms with Crippen molar-refractivity contribution in [2.24, 2.45) is 0 Å². The van der Waals surface area contributed by atoms with E-state index in [1.54, 1.807) is 18.0 Å². The lowest BCUT2D eigenvalue weighted by atomic mass is 10.3. The first kappa shape index (κ1) is 9.45. The van der Waals surface area contributed by atoms with Crippen molar-refractivity contribution in [2.75, 3.05) is 11.5 Å². The monoisotopic (exact) mass is 185 g/mol. The maximum atomic E-state index is 5.62. The number of nitrogens with two attached hydrogens (primary N) is 1. The van der Waals surface area contributed by atoms with Gasteiger partial charge in [0.1, 0.15) is 5.82 Å². The van der Waals surface area contributed by atoms with Crippen LogP contribution in [0.3, 0.4) is 0 Å². The zero-order valence-corrected chi connectivity index (χ0v) is 8.16. The standard InChI is InChI=1S/C8H15N3S/c1-2-3-4-5-12-7-6-10-11-8(7)9/h6H,2-5H2,1H3,(H3,9,10,11). The zero-order valence-electron chi connectivity index (χ0n) is 7.34. The Morgan fingerprint density at radius 3 is 3.00 bits per heavy atom. The lowest BCUT2D eigenvalue weighted by Gasteiger charge is -1.97. The molecule has 1 rings (SSSR count). The maximum absolute atomic E-state index is 5.62. The Hall–Kier alpha value is -0.640. The van der Waals surface area contributed by atoms with Gasteiger partial charge >= 0.3 is 0 Å². The maximum Gasteiger partial charge on any atom is 0.132 e. The van der Waals surface area contributed by atoms with Gasteiger partial charge in [0.25, 0.3) is 0 Å². The van der Waals surface area contributed by atoms with E-state index in [2.05, 4.69) is 17.1 Å². The van der Waals surface area contributed by atoms with Crippen LogP contribution in [0.25, 0.3) is 0 Å². The highest BCUT2D eigenvalue weighted by Gasteiger charge is 1.99. The van der Waals surface area contributed by atoms with E-state index in [0.717, 1.165) is 10.6 Å². The third-order valence-corrected chi connectivity index (χ3v) is 2.77. The third kappa shape index (κ3) is 2.77. The molecule has 0 spiro atoms. The molecule has 12 heavy (non-hydrogen) atoms. The Morgan fingerprint density at radius 1 is 1.58 bits per heavy atom. The van der Waals surface area contributed by atoms with Crippen LogP contribution in [0.2, 0.25) is 0 Å². The van der Waals surface area contributed by atoms with Crippen LogP contribution in [0.4, 0.5) is 5.82 Å². The van der Waals surface area contributed by atoms with Gasteiger partial charge in [0, 0.05) is 0 Å². The molecule has 0 fully saturated rings. The number of hydrogen-bond acceptors (Lipinski definition) is 3. The summed E-state index contributed by atoms with van der Waals surface area (Å²) in [4.78, 5) is 1.08. The zero-order chi connectivity index (χ0) is 8.81. The van der Waals surface area contributed by atoms with Gasteiger partial charge < -0.3 is 5.73 Å². The van der Waals surface area contributed by atoms with Gasteiger partial charge in [-0.25, -0.2) is 0 Å². The predicted molar refractivity (Wildman–Crippen MR) is 53.2 cm³/mol. The van der Waals surface area contributed by atoms with Crippen LogP contribution in [0.1, 0.15) is 26.2 Å². The Kier molecular flexibility index (Phi) is 4.00. The molecule has 0 radical (unpaired) electrons. The molecule has 0 aliphatic heterocycles. The number of unbranched alkanes of at least 4 members (excludes halogenated alkanes) is 2. The normalized spacial score (nSPS) is 10.4. The number of rotatable bonds is 5. The Bertz CT molecular complexity index is 222. The van der Waals surface area contributed by atoms with Crippen molar-refractivity contribution in [2.45, 2.75) is 31.1 Å². The molecule has 0 bridgehead atoms. The largest absolute Gasteiger partial charge is 0.383 e. The first-order valence-corrected chi connectivity index (χ1v) is 5.24. The summed E-state index contributed by atoms with van der Waals surface area (Å²) in [6.45, 7) is 2.21. The van der Waals surface area contributed by atoms with Crippen molar-refractivity contribution in [3.63, 3.8) is 0 Å². The van der Waals surface area contributed by atoms with Gasteiger partial charge in [-0.2, -0.15) is 5.10 Å². The summed E-state index contributed by atoms with van der Waals surface area (Å²) in [6, 6.07) is 0. The van der Waals surface area contributed by atoms with Gasteiger partial charge in [-0.15, -0.1) is 11.8 Å². The minimum Gasteiger partial charge on any atom is -0.383 e. The van der Waals surface area contributed by atoms with Crippen LogP contribution in [-0.4, -0.2) is 16.0 Å². The van der Waals surface area contributed by atoms with Crippen LogP contribution in [0, 0.1) is 0 Å². The number of nitrogens with one attached hydrogen (secondary N) is 1. The fourth-order valence-electron chi connectivity index (χ4n) is 0.934. The smallest absolute Gasteiger partial charge is 0.132 e. The first-order chi connectivity index (χ1) is 5.84. The second-order valence-corrected chi connectivity index (χ2v) is 3.84. The molecule has 1 aromatic heterocycles. The molecule has 0 saturated heterocycles. The van der Waals surface area contributed by atoms with Crippen LogP contribution < -0.4 is 5.73 Å². The third-order valence-electron chi connectivity index (χ3n) is 1.64. The Morgan fingerprint density at radius 2 is 2.42 bits per heavy atom. The van der Waals surface area contributed by atoms with Crippen LogP contribution in [0.15, 0.2) is 11.1 Å². The van der Waals surface area contributed by atoms with E-state index in [1.165, 1.54) is 19.3 Å². The fourth-order valence-corrected chi connectivity index (χ4v) is 1.83. The van der Waals surface area contributed by atoms with E-state index in [0.29, 0.717) is 5.82 Å². The molecule has 0 atom stereocenters. The number of hydrogen-bond donors (Lipinski definition) is 2. The summed E-state index contributed by atoms with van der Waals surface area (Å²) in [6.07, 6.45) is 5.60. The number of nitrogens with zero attached hydrogens (tertiary/aromatic N) is 1. The highest BCUT2D eigenvalue weighted by Crippen LogP contribution is 2.23. The van der Waals surface area contributed by atoms with Crippen molar-refractivity contribution in [1.29, 1.82) is 0 Å². The fraction of sp³-hybridized carbons (Fsp3) is 0.625. The molecule has 0 aliphatic rings. The molecular weight excluding hydrogens is 170 g/mol. The van der Waals surface area contributed by atoms with Crippen LogP contribution in [-0.2, 0) is 0 Å². The van der Waals surface area contributed by atoms with Gasteiger partial charge in [0.2, 0.25) is 0 Å². The van der Waals surface area contributed by atoms with Gasteiger partial charge in [0.15, 0.2) is 0 Å². The van der Waals surface area contributed by atoms with Crippen LogP contribution >= 0.6 is 11.8 Å². The summed E-state index contributed by atoms with van der Waals surface area (Å²) in [7, 11) is 0. The molecule has 3 N–H and O–H groups in total. The van der Waals surface area contributed by atoms with Crippen molar-refractivity contribution in [3.05, 3.63) is 6.20 Å². The molecule has 3 nitrogen and oxygen atoms in total. The molecule has 1 heterocycles. The molecule has 68 valence electrons. The van der Waals surface area contributed by atoms with E-state index in [-0.39, 0.29) is 0 Å². The highest BCUT2D eigenvalue weighted by molar-refractivity contribution is 7.99. The summed E-state index contributed by atoms with van der Waals surface area (Å²) in [5, 5.41) is 6.57. The summed E-state index contributed by atoms with van der Waals surface area (Å²) < 4.78 is 0. The second-order valence-electron chi connectivity index (χ2n) is 2.70. The Balaban J connectivity index is 2.20. The van der Waals surface area contributed by atoms with Gasteiger partial charge in [-0.05, 0) is 12.2 Å². The van der Waals surface area contributed by atoms with Crippen molar-refractivity contribution >= 4 is 17.6 Å². The van der Waals surface area contributed by atoms with Crippen molar-refractivity contribution < 1.29 is 0 Å². The minimum atomic E-state index is 0.691. The molecule has 0 aromatic carbocycles.